The zero-order chi connectivity index (χ0) is 35.8. The Balaban J connectivity index is 1.48. The molecule has 3 aliphatic carbocycles. The van der Waals surface area contributed by atoms with Crippen LogP contribution >= 0.6 is 0 Å². The molecule has 10 nitrogen and oxygen atoms in total. The molecule has 7 atom stereocenters. The molecule has 1 aromatic carbocycles. The molecule has 282 valence electrons. The van der Waals surface area contributed by atoms with Gasteiger partial charge < -0.3 is 39.3 Å². The molecule has 1 amide bonds. The smallest absolute Gasteiger partial charge is 0.239 e. The highest BCUT2D eigenvalue weighted by Gasteiger charge is 2.65. The molecule has 2 heterocycles. The fourth-order valence-corrected chi connectivity index (χ4v) is 9.63. The molecule has 0 aromatic heterocycles. The monoisotopic (exact) mass is 708 g/mol. The summed E-state index contributed by atoms with van der Waals surface area (Å²) in [7, 11) is 1.88. The molecular formula is C41H60N2O8. The Morgan fingerprint density at radius 2 is 1.82 bits per heavy atom. The molecule has 51 heavy (non-hydrogen) atoms. The molecule has 0 bridgehead atoms. The third kappa shape index (κ3) is 8.34. The number of rotatable bonds is 17. The lowest BCUT2D eigenvalue weighted by molar-refractivity contribution is -0.256. The van der Waals surface area contributed by atoms with Crippen LogP contribution in [0.25, 0.3) is 0 Å². The lowest BCUT2D eigenvalue weighted by Crippen LogP contribution is -2.69. The molecule has 0 spiro atoms. The van der Waals surface area contributed by atoms with Crippen LogP contribution in [0.3, 0.4) is 0 Å². The van der Waals surface area contributed by atoms with Crippen molar-refractivity contribution in [3.05, 3.63) is 48.1 Å². The van der Waals surface area contributed by atoms with E-state index in [0.717, 1.165) is 68.2 Å². The average molecular weight is 709 g/mol. The van der Waals surface area contributed by atoms with Crippen LogP contribution in [-0.4, -0.2) is 83.4 Å². The minimum atomic E-state index is -1.27. The highest BCUT2D eigenvalue weighted by molar-refractivity contribution is 6.03. The number of aromatic hydroxyl groups is 1. The maximum Gasteiger partial charge on any atom is 0.239 e. The number of amides is 1. The van der Waals surface area contributed by atoms with Gasteiger partial charge in [0.05, 0.1) is 24.8 Å². The van der Waals surface area contributed by atoms with Crippen LogP contribution in [0.5, 0.6) is 11.5 Å². The molecule has 3 N–H and O–H groups in total. The average Bonchev–Trinajstić information content (AvgIpc) is 3.68. The first-order chi connectivity index (χ1) is 24.9. The van der Waals surface area contributed by atoms with Crippen molar-refractivity contribution in [1.29, 1.82) is 0 Å². The molecular weight excluding hydrogens is 648 g/mol. The van der Waals surface area contributed by atoms with Crippen molar-refractivity contribution in [3.63, 3.8) is 0 Å². The molecule has 6 rings (SSSR count). The van der Waals surface area contributed by atoms with Crippen molar-refractivity contribution in [2.45, 2.75) is 127 Å². The van der Waals surface area contributed by atoms with E-state index in [1.165, 1.54) is 25.7 Å². The fraction of sp³-hybridized carbons (Fsp3) is 0.707. The number of benzene rings is 1. The second kappa shape index (κ2) is 17.7. The van der Waals surface area contributed by atoms with Crippen LogP contribution < -0.4 is 4.74 Å². The van der Waals surface area contributed by atoms with Gasteiger partial charge in [-0.15, -0.1) is 6.58 Å². The van der Waals surface area contributed by atoms with E-state index in [2.05, 4.69) is 12.7 Å². The van der Waals surface area contributed by atoms with Gasteiger partial charge in [0.2, 0.25) is 18.0 Å². The first-order valence-corrected chi connectivity index (χ1v) is 19.7. The van der Waals surface area contributed by atoms with Gasteiger partial charge in [-0.25, -0.2) is 0 Å². The number of carbonyl (C=O) groups excluding carboxylic acids is 1. The Kier molecular flexibility index (Phi) is 13.2. The van der Waals surface area contributed by atoms with E-state index in [4.69, 9.17) is 24.2 Å². The molecule has 5 aliphatic rings. The van der Waals surface area contributed by atoms with Gasteiger partial charge in [-0.05, 0) is 86.5 Å². The van der Waals surface area contributed by atoms with Crippen LogP contribution in [-0.2, 0) is 19.1 Å². The molecule has 1 saturated heterocycles. The van der Waals surface area contributed by atoms with Crippen molar-refractivity contribution in [2.24, 2.45) is 28.8 Å². The summed E-state index contributed by atoms with van der Waals surface area (Å²) in [4.78, 5) is 22.2. The van der Waals surface area contributed by atoms with Gasteiger partial charge in [-0.2, -0.15) is 0 Å². The summed E-state index contributed by atoms with van der Waals surface area (Å²) in [6, 6.07) is 4.78. The highest BCUT2D eigenvalue weighted by Crippen LogP contribution is 2.61. The summed E-state index contributed by atoms with van der Waals surface area (Å²) in [5.41, 5.74) is 2.67. The van der Waals surface area contributed by atoms with Gasteiger partial charge in [0, 0.05) is 51.0 Å². The second-order valence-electron chi connectivity index (χ2n) is 15.4. The number of allylic oxidation sites excluding steroid dienone is 1. The van der Waals surface area contributed by atoms with Crippen molar-refractivity contribution >= 4 is 11.6 Å². The Morgan fingerprint density at radius 3 is 2.55 bits per heavy atom. The summed E-state index contributed by atoms with van der Waals surface area (Å²) < 4.78 is 20.0. The van der Waals surface area contributed by atoms with Crippen LogP contribution in [0.2, 0.25) is 0 Å². The fourth-order valence-electron chi connectivity index (χ4n) is 9.63. The minimum absolute atomic E-state index is 0.0608. The number of phenols is 1. The van der Waals surface area contributed by atoms with Crippen LogP contribution in [0.15, 0.2) is 47.7 Å². The third-order valence-electron chi connectivity index (χ3n) is 12.2. The predicted octanol–water partition coefficient (Wildman–Crippen LogP) is 6.98. The number of hydrogen-bond donors (Lipinski definition) is 3. The van der Waals surface area contributed by atoms with E-state index in [9.17, 15) is 20.1 Å². The SMILES string of the molecule is C=CCOC12Oc3ccc(O)cc3C3C(CCCCO)C(CCCCO)C=C(C(=NOC4CCCCO4)CC1N(C)C(=O)CCC1CCCC1)C32. The van der Waals surface area contributed by atoms with Crippen LogP contribution in [0.4, 0.5) is 0 Å². The van der Waals surface area contributed by atoms with Gasteiger partial charge in [0.1, 0.15) is 17.5 Å². The second-order valence-corrected chi connectivity index (χ2v) is 15.4. The summed E-state index contributed by atoms with van der Waals surface area (Å²) in [5, 5.41) is 35.3. The Bertz CT molecular complexity index is 1390. The van der Waals surface area contributed by atoms with Crippen LogP contribution in [0.1, 0.15) is 114 Å². The first-order valence-electron chi connectivity index (χ1n) is 19.7. The van der Waals surface area contributed by atoms with Crippen molar-refractivity contribution in [1.82, 2.24) is 4.90 Å². The van der Waals surface area contributed by atoms with E-state index in [-0.39, 0.29) is 55.1 Å². The summed E-state index contributed by atoms with van der Waals surface area (Å²) in [5.74, 6) is -0.0828. The first kappa shape index (κ1) is 37.8. The van der Waals surface area contributed by atoms with E-state index in [1.54, 1.807) is 12.1 Å². The van der Waals surface area contributed by atoms with E-state index < -0.39 is 18.1 Å². The summed E-state index contributed by atoms with van der Waals surface area (Å²) in [6.45, 7) is 5.11. The third-order valence-corrected chi connectivity index (χ3v) is 12.2. The van der Waals surface area contributed by atoms with Gasteiger partial charge in [0.25, 0.3) is 0 Å². The predicted molar refractivity (Wildman–Crippen MR) is 195 cm³/mol. The molecule has 0 radical (unpaired) electrons. The zero-order valence-electron chi connectivity index (χ0n) is 30.6. The van der Waals surface area contributed by atoms with Gasteiger partial charge in [-0.1, -0.05) is 55.8 Å². The maximum atomic E-state index is 14.2. The number of unbranched alkanes of at least 4 members (excludes halogenated alkanes) is 2. The lowest BCUT2D eigenvalue weighted by Gasteiger charge is -2.59. The standard InChI is InChI=1S/C41H60N2O8/c1-3-23-49-41-36(43(2)37(47)20-17-28-12-4-5-13-28)27-34(42-51-38-16-8-11-24-48-38)32-25-29(14-6-9-21-44)31(15-7-10-22-45)39(40(32)41)33-26-30(46)18-19-35(33)50-41/h3,18-19,25-26,28-29,31,36,38-40,44-46H,1,4-17,20-24,27H2,2H3. The zero-order valence-corrected chi connectivity index (χ0v) is 30.6. The number of carbonyl (C=O) groups is 1. The number of oxime groups is 1. The van der Waals surface area contributed by atoms with Gasteiger partial charge in [-0.3, -0.25) is 4.79 Å². The van der Waals surface area contributed by atoms with Crippen molar-refractivity contribution in [3.8, 4) is 11.5 Å². The molecule has 7 unspecified atom stereocenters. The number of aliphatic hydroxyl groups is 2. The topological polar surface area (TPSA) is 130 Å². The number of likely N-dealkylation sites (N-methyl/N-ethyl adjacent to an activating group) is 1. The Morgan fingerprint density at radius 1 is 1.06 bits per heavy atom. The van der Waals surface area contributed by atoms with Gasteiger partial charge in [0.15, 0.2) is 0 Å². The number of aliphatic hydroxyl groups excluding tert-OH is 2. The Labute approximate surface area is 303 Å². The maximum absolute atomic E-state index is 14.2. The lowest BCUT2D eigenvalue weighted by atomic mass is 9.55. The van der Waals surface area contributed by atoms with Gasteiger partial charge >= 0.3 is 0 Å². The van der Waals surface area contributed by atoms with E-state index in [1.807, 2.05) is 24.1 Å². The molecule has 2 saturated carbocycles. The molecule has 2 aliphatic heterocycles. The summed E-state index contributed by atoms with van der Waals surface area (Å²) in [6.07, 6.45) is 17.8. The van der Waals surface area contributed by atoms with Crippen molar-refractivity contribution < 1.29 is 39.2 Å². The number of ether oxygens (including phenoxy) is 3. The minimum Gasteiger partial charge on any atom is -0.508 e. The number of phenolic OH excluding ortho intramolecular Hbond substituents is 1. The largest absolute Gasteiger partial charge is 0.508 e. The van der Waals surface area contributed by atoms with E-state index in [0.29, 0.717) is 44.0 Å². The molecule has 1 aromatic rings. The highest BCUT2D eigenvalue weighted by atomic mass is 16.8. The molecule has 3 fully saturated rings. The van der Waals surface area contributed by atoms with Crippen LogP contribution in [0, 0.1) is 23.7 Å². The van der Waals surface area contributed by atoms with Crippen molar-refractivity contribution in [2.75, 3.05) is 33.5 Å². The number of hydrogen-bond acceptors (Lipinski definition) is 9. The Hall–Kier alpha value is -2.92. The molecule has 10 heteroatoms. The van der Waals surface area contributed by atoms with E-state index >= 15 is 0 Å². The summed E-state index contributed by atoms with van der Waals surface area (Å²) >= 11 is 0. The normalized spacial score (nSPS) is 31.0. The quantitative estimate of drug-likeness (QED) is 0.0898. The number of fused-ring (bicyclic) bond motifs is 2. The number of nitrogens with zero attached hydrogens (tertiary/aromatic N) is 2.